The summed E-state index contributed by atoms with van der Waals surface area (Å²) in [6.07, 6.45) is -0.717. The highest BCUT2D eigenvalue weighted by Gasteiger charge is 2.25. The maximum atomic E-state index is 12.8. The maximum absolute atomic E-state index is 12.8. The molecule has 0 atom stereocenters. The van der Waals surface area contributed by atoms with Crippen molar-refractivity contribution in [2.45, 2.75) is 6.61 Å². The van der Waals surface area contributed by atoms with E-state index in [-0.39, 0.29) is 39.3 Å². The molecular weight excluding hydrogens is 684 g/mol. The number of amides is 8. The Kier molecular flexibility index (Phi) is 18.3. The van der Waals surface area contributed by atoms with Crippen molar-refractivity contribution in [2.24, 2.45) is 0 Å². The van der Waals surface area contributed by atoms with Crippen LogP contribution in [0, 0.1) is 0 Å². The van der Waals surface area contributed by atoms with Gasteiger partial charge in [-0.1, -0.05) is 30.3 Å². The van der Waals surface area contributed by atoms with Gasteiger partial charge in [-0.15, -0.1) is 0 Å². The van der Waals surface area contributed by atoms with E-state index in [1.165, 1.54) is 63.5 Å². The zero-order chi connectivity index (χ0) is 39.7. The first kappa shape index (κ1) is 44.3. The molecule has 1 aromatic rings. The van der Waals surface area contributed by atoms with Crippen molar-refractivity contribution in [3.8, 4) is 0 Å². The van der Waals surface area contributed by atoms with Crippen molar-refractivity contribution in [1.29, 1.82) is 0 Å². The molecule has 0 N–H and O–H groups in total. The first-order valence-electron chi connectivity index (χ1n) is 15.9. The average molecular weight is 735 g/mol. The number of carbonyl (C=O) groups is 9. The molecule has 0 spiro atoms. The predicted octanol–water partition coefficient (Wildman–Crippen LogP) is -2.36. The molecule has 0 saturated carbocycles. The Bertz CT molecular complexity index is 1460. The molecule has 0 radical (unpaired) electrons. The van der Waals surface area contributed by atoms with Gasteiger partial charge in [0.1, 0.15) is 19.7 Å². The van der Waals surface area contributed by atoms with Gasteiger partial charge in [0.15, 0.2) is 0 Å². The van der Waals surface area contributed by atoms with Crippen LogP contribution in [-0.2, 0) is 54.4 Å². The monoisotopic (exact) mass is 734 g/mol. The topological polar surface area (TPSA) is 198 Å². The lowest BCUT2D eigenvalue weighted by molar-refractivity contribution is -0.148. The SMILES string of the molecule is COC(=O)CN(C)C(=O)CN(C)C(=O)CN(C)C(=O)CN(C)C(=O)CN(C)C(=O)CN(C)C(=O)CN(C)C(=O)CN(C)C(=O)OCc1ccccc1. The molecule has 1 aromatic carbocycles. The minimum absolute atomic E-state index is 0.0319. The van der Waals surface area contributed by atoms with E-state index in [1.54, 1.807) is 24.3 Å². The molecule has 8 amide bonds. The Morgan fingerprint density at radius 1 is 0.423 bits per heavy atom. The normalized spacial score (nSPS) is 10.2. The molecule has 0 aromatic heterocycles. The van der Waals surface area contributed by atoms with E-state index in [9.17, 15) is 43.2 Å². The van der Waals surface area contributed by atoms with Crippen LogP contribution in [0.15, 0.2) is 30.3 Å². The summed E-state index contributed by atoms with van der Waals surface area (Å²) < 4.78 is 9.71. The molecule has 0 heterocycles. The van der Waals surface area contributed by atoms with Gasteiger partial charge >= 0.3 is 12.1 Å². The lowest BCUT2D eigenvalue weighted by Gasteiger charge is -2.27. The van der Waals surface area contributed by atoms with Crippen LogP contribution in [0.5, 0.6) is 0 Å². The molecule has 0 bridgehead atoms. The van der Waals surface area contributed by atoms with Crippen molar-refractivity contribution in [1.82, 2.24) is 39.2 Å². The van der Waals surface area contributed by atoms with E-state index < -0.39 is 73.0 Å². The van der Waals surface area contributed by atoms with Gasteiger partial charge in [0.25, 0.3) is 0 Å². The van der Waals surface area contributed by atoms with E-state index in [1.807, 2.05) is 6.07 Å². The quantitative estimate of drug-likeness (QED) is 0.146. The fraction of sp³-hybridized carbons (Fsp3) is 0.545. The summed E-state index contributed by atoms with van der Waals surface area (Å²) in [6, 6.07) is 9.01. The number of hydrogen-bond donors (Lipinski definition) is 0. The highest BCUT2D eigenvalue weighted by molar-refractivity contribution is 5.93. The molecule has 0 aliphatic rings. The summed E-state index contributed by atoms with van der Waals surface area (Å²) in [7, 11) is 12.1. The summed E-state index contributed by atoms with van der Waals surface area (Å²) in [6.45, 7) is -2.93. The van der Waals surface area contributed by atoms with E-state index in [4.69, 9.17) is 4.74 Å². The van der Waals surface area contributed by atoms with Gasteiger partial charge < -0.3 is 48.7 Å². The second-order valence-corrected chi connectivity index (χ2v) is 12.2. The number of carbonyl (C=O) groups excluding carboxylic acids is 9. The van der Waals surface area contributed by atoms with Crippen molar-refractivity contribution >= 4 is 53.4 Å². The van der Waals surface area contributed by atoms with Gasteiger partial charge in [-0.3, -0.25) is 38.4 Å². The number of benzene rings is 1. The average Bonchev–Trinajstić information content (AvgIpc) is 3.10. The Morgan fingerprint density at radius 3 is 0.981 bits per heavy atom. The highest BCUT2D eigenvalue weighted by atomic mass is 16.6. The fourth-order valence-electron chi connectivity index (χ4n) is 4.03. The lowest BCUT2D eigenvalue weighted by atomic mass is 10.2. The predicted molar refractivity (Wildman–Crippen MR) is 185 cm³/mol. The largest absolute Gasteiger partial charge is 0.468 e. The fourth-order valence-corrected chi connectivity index (χ4v) is 4.03. The maximum Gasteiger partial charge on any atom is 0.410 e. The lowest BCUT2D eigenvalue weighted by Crippen LogP contribution is -2.49. The summed E-state index contributed by atoms with van der Waals surface area (Å²) >= 11 is 0. The van der Waals surface area contributed by atoms with Gasteiger partial charge in [-0.2, -0.15) is 0 Å². The number of hydrogen-bond acceptors (Lipinski definition) is 11. The molecule has 19 heteroatoms. The first-order valence-corrected chi connectivity index (χ1v) is 15.9. The summed E-state index contributed by atoms with van der Waals surface area (Å²) in [5.41, 5.74) is 0.780. The molecule has 288 valence electrons. The molecule has 0 aliphatic carbocycles. The van der Waals surface area contributed by atoms with E-state index in [2.05, 4.69) is 4.74 Å². The summed E-state index contributed by atoms with van der Waals surface area (Å²) in [5.74, 6) is -4.57. The molecule has 19 nitrogen and oxygen atoms in total. The van der Waals surface area contributed by atoms with Gasteiger partial charge in [-0.05, 0) is 5.56 Å². The summed E-state index contributed by atoms with van der Waals surface area (Å²) in [5, 5.41) is 0. The molecular formula is C33H50N8O11. The van der Waals surface area contributed by atoms with Crippen LogP contribution in [-0.4, -0.2) is 208 Å². The Morgan fingerprint density at radius 2 is 0.692 bits per heavy atom. The van der Waals surface area contributed by atoms with Gasteiger partial charge in [0.05, 0.1) is 46.4 Å². The minimum atomic E-state index is -0.717. The van der Waals surface area contributed by atoms with Crippen LogP contribution >= 0.6 is 0 Å². The van der Waals surface area contributed by atoms with Crippen molar-refractivity contribution in [2.75, 3.05) is 116 Å². The molecule has 0 saturated heterocycles. The number of esters is 1. The zero-order valence-electron chi connectivity index (χ0n) is 31.3. The van der Waals surface area contributed by atoms with Crippen LogP contribution < -0.4 is 0 Å². The standard InChI is InChI=1S/C33H50N8O11/c1-34(16-26(43)36(3)18-28(45)38(5)20-30(47)40(7)22-32(49)51-9)25(42)15-35(2)27(44)17-37(4)29(46)19-39(6)31(48)21-41(8)33(50)52-23-24-13-11-10-12-14-24/h10-14H,15-23H2,1-9H3. The molecule has 1 rings (SSSR count). The van der Waals surface area contributed by atoms with E-state index >= 15 is 0 Å². The molecule has 0 aliphatic heterocycles. The molecule has 52 heavy (non-hydrogen) atoms. The van der Waals surface area contributed by atoms with Crippen molar-refractivity contribution < 1.29 is 52.6 Å². The second kappa shape index (κ2) is 21.5. The molecule has 0 fully saturated rings. The third-order valence-corrected chi connectivity index (χ3v) is 7.70. The Labute approximate surface area is 303 Å². The number of methoxy groups -OCH3 is 1. The Hall–Kier alpha value is -5.75. The number of likely N-dealkylation sites (N-methyl/N-ethyl adjacent to an activating group) is 8. The van der Waals surface area contributed by atoms with E-state index in [0.29, 0.717) is 0 Å². The first-order chi connectivity index (χ1) is 24.3. The minimum Gasteiger partial charge on any atom is -0.468 e. The number of rotatable bonds is 18. The van der Waals surface area contributed by atoms with Crippen LogP contribution in [0.25, 0.3) is 0 Å². The van der Waals surface area contributed by atoms with Crippen LogP contribution in [0.2, 0.25) is 0 Å². The van der Waals surface area contributed by atoms with Crippen LogP contribution in [0.4, 0.5) is 4.79 Å². The summed E-state index contributed by atoms with van der Waals surface area (Å²) in [4.78, 5) is 121. The number of ether oxygens (including phenoxy) is 2. The molecule has 0 unspecified atom stereocenters. The second-order valence-electron chi connectivity index (χ2n) is 12.2. The van der Waals surface area contributed by atoms with Gasteiger partial charge in [-0.25, -0.2) is 4.79 Å². The smallest absolute Gasteiger partial charge is 0.410 e. The number of nitrogens with zero attached hydrogens (tertiary/aromatic N) is 8. The van der Waals surface area contributed by atoms with Gasteiger partial charge in [0.2, 0.25) is 41.4 Å². The van der Waals surface area contributed by atoms with Crippen molar-refractivity contribution in [3.05, 3.63) is 35.9 Å². The van der Waals surface area contributed by atoms with Crippen molar-refractivity contribution in [3.63, 3.8) is 0 Å². The van der Waals surface area contributed by atoms with Crippen LogP contribution in [0.1, 0.15) is 5.56 Å². The van der Waals surface area contributed by atoms with E-state index in [0.717, 1.165) is 44.8 Å². The highest BCUT2D eigenvalue weighted by Crippen LogP contribution is 2.04. The third-order valence-electron chi connectivity index (χ3n) is 7.70. The van der Waals surface area contributed by atoms with Gasteiger partial charge in [0, 0.05) is 56.4 Å². The Balaban J connectivity index is 2.51. The third kappa shape index (κ3) is 15.4. The van der Waals surface area contributed by atoms with Crippen LogP contribution in [0.3, 0.4) is 0 Å². The zero-order valence-corrected chi connectivity index (χ0v) is 31.3.